The van der Waals surface area contributed by atoms with Crippen LogP contribution in [0.1, 0.15) is 25.7 Å². The lowest BCUT2D eigenvalue weighted by atomic mass is 10.3. The van der Waals surface area contributed by atoms with Crippen LogP contribution in [0.2, 0.25) is 0 Å². The molecule has 1 saturated carbocycles. The van der Waals surface area contributed by atoms with Crippen molar-refractivity contribution < 1.29 is 14.3 Å². The van der Waals surface area contributed by atoms with E-state index in [1.54, 1.807) is 7.05 Å². The Morgan fingerprint density at radius 1 is 1.18 bits per heavy atom. The number of amides is 1. The molecule has 2 rings (SSSR count). The second-order valence-corrected chi connectivity index (χ2v) is 5.70. The molecule has 7 nitrogen and oxygen atoms in total. The lowest BCUT2D eigenvalue weighted by Crippen LogP contribution is -2.42. The summed E-state index contributed by atoms with van der Waals surface area (Å²) in [7, 11) is 1.74. The van der Waals surface area contributed by atoms with Crippen LogP contribution in [0.3, 0.4) is 0 Å². The molecule has 1 aliphatic carbocycles. The SMILES string of the molecule is CN=C(NCCCOC1CCOC1)NCCNC(=O)C1CC1. The predicted octanol–water partition coefficient (Wildman–Crippen LogP) is -0.127. The summed E-state index contributed by atoms with van der Waals surface area (Å²) in [6, 6.07) is 0. The Morgan fingerprint density at radius 3 is 2.64 bits per heavy atom. The fourth-order valence-electron chi connectivity index (χ4n) is 2.25. The maximum absolute atomic E-state index is 11.5. The van der Waals surface area contributed by atoms with Gasteiger partial charge in [0.25, 0.3) is 0 Å². The first-order valence-corrected chi connectivity index (χ1v) is 8.21. The van der Waals surface area contributed by atoms with Crippen LogP contribution in [0.5, 0.6) is 0 Å². The summed E-state index contributed by atoms with van der Waals surface area (Å²) in [5.74, 6) is 1.20. The van der Waals surface area contributed by atoms with E-state index in [1.165, 1.54) is 0 Å². The highest BCUT2D eigenvalue weighted by Gasteiger charge is 2.28. The van der Waals surface area contributed by atoms with Crippen LogP contribution in [-0.4, -0.2) is 64.5 Å². The second kappa shape index (κ2) is 9.63. The van der Waals surface area contributed by atoms with Gasteiger partial charge in [0.2, 0.25) is 5.91 Å². The summed E-state index contributed by atoms with van der Waals surface area (Å²) < 4.78 is 11.0. The average Bonchev–Trinajstić information content (AvgIpc) is 3.26. The molecule has 126 valence electrons. The van der Waals surface area contributed by atoms with Crippen molar-refractivity contribution in [3.05, 3.63) is 0 Å². The average molecular weight is 312 g/mol. The van der Waals surface area contributed by atoms with Crippen LogP contribution in [-0.2, 0) is 14.3 Å². The largest absolute Gasteiger partial charge is 0.379 e. The molecule has 0 aromatic heterocycles. The topological polar surface area (TPSA) is 84.0 Å². The van der Waals surface area contributed by atoms with Crippen LogP contribution in [0, 0.1) is 5.92 Å². The third kappa shape index (κ3) is 6.62. The Morgan fingerprint density at radius 2 is 1.95 bits per heavy atom. The van der Waals surface area contributed by atoms with Crippen LogP contribution in [0.15, 0.2) is 4.99 Å². The number of carbonyl (C=O) groups excluding carboxylic acids is 1. The maximum Gasteiger partial charge on any atom is 0.223 e. The minimum Gasteiger partial charge on any atom is -0.379 e. The number of carbonyl (C=O) groups is 1. The van der Waals surface area contributed by atoms with Gasteiger partial charge in [-0.15, -0.1) is 0 Å². The summed E-state index contributed by atoms with van der Waals surface area (Å²) in [6.45, 7) is 4.38. The molecule has 1 heterocycles. The van der Waals surface area contributed by atoms with Gasteiger partial charge in [0.1, 0.15) is 0 Å². The summed E-state index contributed by atoms with van der Waals surface area (Å²) in [6.07, 6.45) is 4.28. The van der Waals surface area contributed by atoms with E-state index in [2.05, 4.69) is 20.9 Å². The van der Waals surface area contributed by atoms with Gasteiger partial charge in [0.15, 0.2) is 5.96 Å². The van der Waals surface area contributed by atoms with Crippen LogP contribution in [0.4, 0.5) is 0 Å². The lowest BCUT2D eigenvalue weighted by Gasteiger charge is -2.13. The van der Waals surface area contributed by atoms with Gasteiger partial charge in [-0.05, 0) is 25.7 Å². The van der Waals surface area contributed by atoms with Gasteiger partial charge >= 0.3 is 0 Å². The number of ether oxygens (including phenoxy) is 2. The van der Waals surface area contributed by atoms with Gasteiger partial charge in [-0.2, -0.15) is 0 Å². The Hall–Kier alpha value is -1.34. The normalized spacial score (nSPS) is 21.7. The third-order valence-corrected chi connectivity index (χ3v) is 3.74. The summed E-state index contributed by atoms with van der Waals surface area (Å²) in [5.41, 5.74) is 0. The van der Waals surface area contributed by atoms with E-state index >= 15 is 0 Å². The van der Waals surface area contributed by atoms with E-state index in [-0.39, 0.29) is 17.9 Å². The second-order valence-electron chi connectivity index (χ2n) is 5.70. The first kappa shape index (κ1) is 17.0. The molecule has 7 heteroatoms. The maximum atomic E-state index is 11.5. The zero-order chi connectivity index (χ0) is 15.6. The molecule has 0 spiro atoms. The van der Waals surface area contributed by atoms with Crippen molar-refractivity contribution >= 4 is 11.9 Å². The first-order valence-electron chi connectivity index (χ1n) is 8.21. The van der Waals surface area contributed by atoms with Gasteiger partial charge in [-0.1, -0.05) is 0 Å². The molecule has 0 aromatic rings. The standard InChI is InChI=1S/C15H28N4O3/c1-16-15(19-8-7-17-14(20)12-3-4-12)18-6-2-9-22-13-5-10-21-11-13/h12-13H,2-11H2,1H3,(H,17,20)(H2,16,18,19). The summed E-state index contributed by atoms with van der Waals surface area (Å²) in [5, 5.41) is 9.33. The fraction of sp³-hybridized carbons (Fsp3) is 0.867. The van der Waals surface area contributed by atoms with Gasteiger partial charge < -0.3 is 25.4 Å². The zero-order valence-corrected chi connectivity index (χ0v) is 13.4. The first-order chi connectivity index (χ1) is 10.8. The van der Waals surface area contributed by atoms with E-state index < -0.39 is 0 Å². The molecule has 1 unspecified atom stereocenters. The smallest absolute Gasteiger partial charge is 0.223 e. The number of hydrogen-bond donors (Lipinski definition) is 3. The highest BCUT2D eigenvalue weighted by molar-refractivity contribution is 5.81. The highest BCUT2D eigenvalue weighted by atomic mass is 16.5. The molecule has 2 aliphatic rings. The van der Waals surface area contributed by atoms with Gasteiger partial charge in [-0.3, -0.25) is 9.79 Å². The minimum atomic E-state index is 0.179. The highest BCUT2D eigenvalue weighted by Crippen LogP contribution is 2.28. The fourth-order valence-corrected chi connectivity index (χ4v) is 2.25. The molecular formula is C15H28N4O3. The van der Waals surface area contributed by atoms with E-state index in [0.29, 0.717) is 13.1 Å². The number of aliphatic imine (C=N–C) groups is 1. The minimum absolute atomic E-state index is 0.179. The number of nitrogens with zero attached hydrogens (tertiary/aromatic N) is 1. The number of rotatable bonds is 9. The number of guanidine groups is 1. The quantitative estimate of drug-likeness (QED) is 0.314. The molecule has 1 aliphatic heterocycles. The molecule has 1 amide bonds. The monoisotopic (exact) mass is 312 g/mol. The van der Waals surface area contributed by atoms with E-state index in [4.69, 9.17) is 9.47 Å². The Labute approximate surface area is 132 Å². The molecule has 22 heavy (non-hydrogen) atoms. The van der Waals surface area contributed by atoms with Crippen molar-refractivity contribution in [3.8, 4) is 0 Å². The van der Waals surface area contributed by atoms with Gasteiger partial charge in [-0.25, -0.2) is 0 Å². The van der Waals surface area contributed by atoms with Gasteiger partial charge in [0.05, 0.1) is 12.7 Å². The Balaban J connectivity index is 1.43. The lowest BCUT2D eigenvalue weighted by molar-refractivity contribution is -0.122. The molecule has 1 saturated heterocycles. The molecular weight excluding hydrogens is 284 g/mol. The predicted molar refractivity (Wildman–Crippen MR) is 84.9 cm³/mol. The molecule has 2 fully saturated rings. The van der Waals surface area contributed by atoms with Crippen molar-refractivity contribution in [2.75, 3.05) is 46.5 Å². The van der Waals surface area contributed by atoms with Crippen molar-refractivity contribution in [1.82, 2.24) is 16.0 Å². The van der Waals surface area contributed by atoms with E-state index in [1.807, 2.05) is 0 Å². The molecule has 0 aromatic carbocycles. The van der Waals surface area contributed by atoms with E-state index in [9.17, 15) is 4.79 Å². The van der Waals surface area contributed by atoms with Crippen molar-refractivity contribution in [2.24, 2.45) is 10.9 Å². The third-order valence-electron chi connectivity index (χ3n) is 3.74. The number of nitrogens with one attached hydrogen (secondary N) is 3. The Kier molecular flexibility index (Phi) is 7.45. The van der Waals surface area contributed by atoms with Crippen molar-refractivity contribution in [1.29, 1.82) is 0 Å². The van der Waals surface area contributed by atoms with Gasteiger partial charge in [0, 0.05) is 45.8 Å². The zero-order valence-electron chi connectivity index (χ0n) is 13.4. The van der Waals surface area contributed by atoms with Crippen LogP contribution >= 0.6 is 0 Å². The number of hydrogen-bond acceptors (Lipinski definition) is 4. The van der Waals surface area contributed by atoms with Crippen molar-refractivity contribution in [2.45, 2.75) is 31.8 Å². The van der Waals surface area contributed by atoms with Crippen LogP contribution < -0.4 is 16.0 Å². The summed E-state index contributed by atoms with van der Waals surface area (Å²) >= 11 is 0. The molecule has 1 atom stereocenters. The van der Waals surface area contributed by atoms with E-state index in [0.717, 1.165) is 58.0 Å². The molecule has 0 bridgehead atoms. The van der Waals surface area contributed by atoms with Crippen molar-refractivity contribution in [3.63, 3.8) is 0 Å². The molecule has 3 N–H and O–H groups in total. The Bertz CT molecular complexity index is 366. The molecule has 0 radical (unpaired) electrons. The van der Waals surface area contributed by atoms with Crippen LogP contribution in [0.25, 0.3) is 0 Å². The summed E-state index contributed by atoms with van der Waals surface area (Å²) in [4.78, 5) is 15.6.